The largest absolute Gasteiger partial charge is 0.503 e. The van der Waals surface area contributed by atoms with Crippen LogP contribution in [0.5, 0.6) is 5.75 Å². The average molecular weight is 270 g/mol. The van der Waals surface area contributed by atoms with Crippen molar-refractivity contribution < 1.29 is 13.9 Å². The summed E-state index contributed by atoms with van der Waals surface area (Å²) in [5.41, 5.74) is 0.513. The second-order valence-electron chi connectivity index (χ2n) is 5.42. The predicted molar refractivity (Wildman–Crippen MR) is 69.9 cm³/mol. The Bertz CT molecular complexity index is 430. The molecule has 106 valence electrons. The fourth-order valence-corrected chi connectivity index (χ4v) is 2.63. The van der Waals surface area contributed by atoms with Crippen molar-refractivity contribution in [2.24, 2.45) is 5.92 Å². The Morgan fingerprint density at radius 1 is 1.37 bits per heavy atom. The van der Waals surface area contributed by atoms with Gasteiger partial charge in [-0.1, -0.05) is 6.92 Å². The summed E-state index contributed by atoms with van der Waals surface area (Å²) in [5.74, 6) is -2.22. The van der Waals surface area contributed by atoms with E-state index in [1.165, 1.54) is 12.1 Å². The van der Waals surface area contributed by atoms with Crippen LogP contribution >= 0.6 is 0 Å². The number of nitrogens with one attached hydrogen (secondary N) is 1. The van der Waals surface area contributed by atoms with Crippen molar-refractivity contribution in [3.63, 3.8) is 0 Å². The topological polar surface area (TPSA) is 35.5 Å². The number of rotatable bonds is 3. The number of likely N-dealkylation sites (tertiary alicyclic amines) is 1. The highest BCUT2D eigenvalue weighted by atomic mass is 19.1. The number of hydrogen-bond acceptors (Lipinski definition) is 3. The highest BCUT2D eigenvalue weighted by Gasteiger charge is 2.23. The summed E-state index contributed by atoms with van der Waals surface area (Å²) in [6, 6.07) is 2.70. The molecule has 2 rings (SSSR count). The Labute approximate surface area is 112 Å². The highest BCUT2D eigenvalue weighted by Crippen LogP contribution is 2.22. The molecule has 2 N–H and O–H groups in total. The van der Waals surface area contributed by atoms with Crippen molar-refractivity contribution in [1.82, 2.24) is 10.2 Å². The van der Waals surface area contributed by atoms with E-state index in [4.69, 9.17) is 5.11 Å². The highest BCUT2D eigenvalue weighted by molar-refractivity contribution is 5.30. The standard InChI is InChI=1S/C14H20F2N2O/c1-9-8-18(2)4-3-13(9)17-7-10-5-11(15)14(19)12(16)6-10/h5-6,9,13,17,19H,3-4,7-8H2,1-2H3. The second-order valence-corrected chi connectivity index (χ2v) is 5.42. The van der Waals surface area contributed by atoms with Gasteiger partial charge in [-0.2, -0.15) is 0 Å². The van der Waals surface area contributed by atoms with Crippen molar-refractivity contribution >= 4 is 0 Å². The summed E-state index contributed by atoms with van der Waals surface area (Å²) in [6.45, 7) is 4.63. The van der Waals surface area contributed by atoms with Crippen LogP contribution in [0.25, 0.3) is 0 Å². The van der Waals surface area contributed by atoms with Crippen molar-refractivity contribution in [1.29, 1.82) is 0 Å². The number of aromatic hydroxyl groups is 1. The summed E-state index contributed by atoms with van der Waals surface area (Å²) in [7, 11) is 2.09. The first-order valence-corrected chi connectivity index (χ1v) is 6.56. The van der Waals surface area contributed by atoms with Crippen molar-refractivity contribution in [2.45, 2.75) is 25.9 Å². The molecule has 1 aromatic rings. The van der Waals surface area contributed by atoms with Crippen molar-refractivity contribution in [3.05, 3.63) is 29.3 Å². The second kappa shape index (κ2) is 5.84. The molecule has 5 heteroatoms. The van der Waals surface area contributed by atoms with E-state index in [-0.39, 0.29) is 0 Å². The molecule has 3 nitrogen and oxygen atoms in total. The van der Waals surface area contributed by atoms with Crippen LogP contribution in [-0.4, -0.2) is 36.2 Å². The molecular formula is C14H20F2N2O. The molecule has 0 radical (unpaired) electrons. The summed E-state index contributed by atoms with van der Waals surface area (Å²) in [5, 5.41) is 12.4. The maximum absolute atomic E-state index is 13.2. The minimum atomic E-state index is -0.909. The van der Waals surface area contributed by atoms with Crippen LogP contribution in [0.2, 0.25) is 0 Å². The Morgan fingerprint density at radius 3 is 2.58 bits per heavy atom. The average Bonchev–Trinajstić information content (AvgIpc) is 2.34. The zero-order valence-corrected chi connectivity index (χ0v) is 11.3. The molecule has 1 saturated heterocycles. The van der Waals surface area contributed by atoms with Gasteiger partial charge in [0.15, 0.2) is 17.4 Å². The van der Waals surface area contributed by atoms with Gasteiger partial charge in [0.1, 0.15) is 0 Å². The number of piperidine rings is 1. The Balaban J connectivity index is 1.95. The zero-order valence-electron chi connectivity index (χ0n) is 11.3. The molecule has 1 fully saturated rings. The van der Waals surface area contributed by atoms with Gasteiger partial charge in [-0.15, -0.1) is 0 Å². The van der Waals surface area contributed by atoms with E-state index < -0.39 is 17.4 Å². The summed E-state index contributed by atoms with van der Waals surface area (Å²) >= 11 is 0. The first-order chi connectivity index (χ1) is 8.97. The molecular weight excluding hydrogens is 250 g/mol. The number of hydrogen-bond donors (Lipinski definition) is 2. The first kappa shape index (κ1) is 14.2. The van der Waals surface area contributed by atoms with Crippen LogP contribution in [0.1, 0.15) is 18.9 Å². The summed E-state index contributed by atoms with van der Waals surface area (Å²) in [6.07, 6.45) is 1.03. The third-order valence-electron chi connectivity index (χ3n) is 3.75. The fraction of sp³-hybridized carbons (Fsp3) is 0.571. The lowest BCUT2D eigenvalue weighted by atomic mass is 9.94. The molecule has 0 aliphatic carbocycles. The van der Waals surface area contributed by atoms with E-state index in [0.29, 0.717) is 24.1 Å². The molecule has 1 aliphatic heterocycles. The van der Waals surface area contributed by atoms with Crippen LogP contribution in [0.4, 0.5) is 8.78 Å². The Kier molecular flexibility index (Phi) is 4.37. The van der Waals surface area contributed by atoms with Crippen LogP contribution in [0.15, 0.2) is 12.1 Å². The molecule has 1 aliphatic rings. The number of phenolic OH excluding ortho intramolecular Hbond substituents is 1. The van der Waals surface area contributed by atoms with Gasteiger partial charge in [0.05, 0.1) is 0 Å². The third kappa shape index (κ3) is 3.42. The molecule has 0 amide bonds. The number of nitrogens with zero attached hydrogens (tertiary/aromatic N) is 1. The maximum atomic E-state index is 13.2. The summed E-state index contributed by atoms with van der Waals surface area (Å²) in [4.78, 5) is 2.28. The molecule has 2 atom stereocenters. The lowest BCUT2D eigenvalue weighted by molar-refractivity contribution is 0.174. The zero-order chi connectivity index (χ0) is 14.0. The lowest BCUT2D eigenvalue weighted by Crippen LogP contribution is -2.46. The molecule has 0 aromatic heterocycles. The van der Waals surface area contributed by atoms with Gasteiger partial charge in [-0.3, -0.25) is 0 Å². The number of benzene rings is 1. The molecule has 19 heavy (non-hydrogen) atoms. The molecule has 0 bridgehead atoms. The lowest BCUT2D eigenvalue weighted by Gasteiger charge is -2.35. The van der Waals surface area contributed by atoms with Gasteiger partial charge in [-0.25, -0.2) is 8.78 Å². The Hall–Kier alpha value is -1.20. The van der Waals surface area contributed by atoms with E-state index in [9.17, 15) is 8.78 Å². The minimum absolute atomic E-state index is 0.358. The first-order valence-electron chi connectivity index (χ1n) is 6.56. The maximum Gasteiger partial charge on any atom is 0.187 e. The van der Waals surface area contributed by atoms with E-state index in [1.54, 1.807) is 0 Å². The molecule has 2 unspecified atom stereocenters. The normalized spacial score (nSPS) is 24.6. The predicted octanol–water partition coefficient (Wildman–Crippen LogP) is 2.10. The van der Waals surface area contributed by atoms with Gasteiger partial charge < -0.3 is 15.3 Å². The van der Waals surface area contributed by atoms with Gasteiger partial charge in [0.25, 0.3) is 0 Å². The number of phenols is 1. The molecule has 0 saturated carbocycles. The Morgan fingerprint density at radius 2 is 2.00 bits per heavy atom. The minimum Gasteiger partial charge on any atom is -0.503 e. The van der Waals surface area contributed by atoms with Crippen molar-refractivity contribution in [2.75, 3.05) is 20.1 Å². The van der Waals surface area contributed by atoms with Crippen LogP contribution in [0.3, 0.4) is 0 Å². The SMILES string of the molecule is CC1CN(C)CCC1NCc1cc(F)c(O)c(F)c1. The number of halogens is 2. The quantitative estimate of drug-likeness (QED) is 0.883. The monoisotopic (exact) mass is 270 g/mol. The van der Waals surface area contributed by atoms with E-state index in [1.807, 2.05) is 0 Å². The third-order valence-corrected chi connectivity index (χ3v) is 3.75. The van der Waals surface area contributed by atoms with Gasteiger partial charge in [-0.05, 0) is 43.6 Å². The van der Waals surface area contributed by atoms with Gasteiger partial charge in [0.2, 0.25) is 0 Å². The summed E-state index contributed by atoms with van der Waals surface area (Å²) < 4.78 is 26.4. The molecule has 1 heterocycles. The van der Waals surface area contributed by atoms with E-state index >= 15 is 0 Å². The fourth-order valence-electron chi connectivity index (χ4n) is 2.63. The van der Waals surface area contributed by atoms with Crippen LogP contribution in [-0.2, 0) is 6.54 Å². The van der Waals surface area contributed by atoms with E-state index in [2.05, 4.69) is 24.2 Å². The van der Waals surface area contributed by atoms with Crippen LogP contribution in [0, 0.1) is 17.6 Å². The van der Waals surface area contributed by atoms with Gasteiger partial charge in [0, 0.05) is 19.1 Å². The van der Waals surface area contributed by atoms with Crippen LogP contribution < -0.4 is 5.32 Å². The smallest absolute Gasteiger partial charge is 0.187 e. The molecule has 0 spiro atoms. The molecule has 1 aromatic carbocycles. The van der Waals surface area contributed by atoms with Gasteiger partial charge >= 0.3 is 0 Å². The van der Waals surface area contributed by atoms with E-state index in [0.717, 1.165) is 19.5 Å². The van der Waals surface area contributed by atoms with Crippen molar-refractivity contribution in [3.8, 4) is 5.75 Å².